The van der Waals surface area contributed by atoms with Crippen LogP contribution in [0.3, 0.4) is 0 Å². The molecule has 2 rings (SSSR count). The highest BCUT2D eigenvalue weighted by Gasteiger charge is 1.98. The molecule has 0 amide bonds. The van der Waals surface area contributed by atoms with Gasteiger partial charge in [0.15, 0.2) is 0 Å². The number of aromatic nitrogens is 2. The Kier molecular flexibility index (Phi) is 1.80. The molecule has 0 aliphatic heterocycles. The molecule has 0 bridgehead atoms. The average molecular weight is 161 g/mol. The number of nitrogens with two attached hydrogens (primary N) is 1. The van der Waals surface area contributed by atoms with Gasteiger partial charge in [-0.2, -0.15) is 0 Å². The maximum atomic E-state index is 5.48. The molecule has 0 saturated heterocycles. The highest BCUT2D eigenvalue weighted by Crippen LogP contribution is 2.07. The fraction of sp³-hybridized carbons (Fsp3) is 0.222. The van der Waals surface area contributed by atoms with Crippen LogP contribution in [-0.4, -0.2) is 15.9 Å². The van der Waals surface area contributed by atoms with Crippen LogP contribution in [-0.2, 0) is 6.42 Å². The van der Waals surface area contributed by atoms with Gasteiger partial charge in [0.1, 0.15) is 0 Å². The Labute approximate surface area is 70.8 Å². The molecule has 0 aliphatic carbocycles. The summed E-state index contributed by atoms with van der Waals surface area (Å²) in [5.41, 5.74) is 7.85. The third kappa shape index (κ3) is 1.08. The van der Waals surface area contributed by atoms with Gasteiger partial charge in [0, 0.05) is 24.5 Å². The topological polar surface area (TPSA) is 43.3 Å². The molecule has 0 saturated carbocycles. The molecule has 2 aromatic heterocycles. The first-order valence-corrected chi connectivity index (χ1v) is 4.02. The largest absolute Gasteiger partial charge is 0.330 e. The first kappa shape index (κ1) is 7.31. The normalized spacial score (nSPS) is 10.8. The SMILES string of the molecule is NCCc1ccc2cnccn12. The zero-order valence-electron chi connectivity index (χ0n) is 6.77. The molecule has 0 aliphatic rings. The number of hydrogen-bond acceptors (Lipinski definition) is 2. The Bertz CT molecular complexity index is 378. The maximum Gasteiger partial charge on any atom is 0.0636 e. The van der Waals surface area contributed by atoms with Crippen LogP contribution in [0.2, 0.25) is 0 Å². The molecule has 0 aromatic carbocycles. The first-order valence-electron chi connectivity index (χ1n) is 4.02. The zero-order valence-corrected chi connectivity index (χ0v) is 6.77. The van der Waals surface area contributed by atoms with E-state index in [4.69, 9.17) is 5.73 Å². The van der Waals surface area contributed by atoms with Crippen molar-refractivity contribution in [3.63, 3.8) is 0 Å². The predicted molar refractivity (Wildman–Crippen MR) is 48.0 cm³/mol. The molecular weight excluding hydrogens is 150 g/mol. The van der Waals surface area contributed by atoms with Gasteiger partial charge in [0.2, 0.25) is 0 Å². The highest BCUT2D eigenvalue weighted by atomic mass is 14.9. The summed E-state index contributed by atoms with van der Waals surface area (Å²) in [4.78, 5) is 4.03. The number of hydrogen-bond donors (Lipinski definition) is 1. The van der Waals surface area contributed by atoms with Crippen molar-refractivity contribution in [3.8, 4) is 0 Å². The van der Waals surface area contributed by atoms with Crippen molar-refractivity contribution in [2.24, 2.45) is 5.73 Å². The van der Waals surface area contributed by atoms with Gasteiger partial charge >= 0.3 is 0 Å². The van der Waals surface area contributed by atoms with Crippen LogP contribution in [0.1, 0.15) is 5.69 Å². The van der Waals surface area contributed by atoms with E-state index in [-0.39, 0.29) is 0 Å². The lowest BCUT2D eigenvalue weighted by Crippen LogP contribution is -2.04. The molecule has 0 fully saturated rings. The molecule has 0 atom stereocenters. The zero-order chi connectivity index (χ0) is 8.39. The van der Waals surface area contributed by atoms with Gasteiger partial charge in [-0.15, -0.1) is 0 Å². The molecule has 12 heavy (non-hydrogen) atoms. The summed E-state index contributed by atoms with van der Waals surface area (Å²) in [6, 6.07) is 4.14. The van der Waals surface area contributed by atoms with Gasteiger partial charge in [0.05, 0.1) is 11.7 Å². The van der Waals surface area contributed by atoms with E-state index >= 15 is 0 Å². The fourth-order valence-corrected chi connectivity index (χ4v) is 1.37. The quantitative estimate of drug-likeness (QED) is 0.709. The minimum atomic E-state index is 0.689. The van der Waals surface area contributed by atoms with E-state index in [9.17, 15) is 0 Å². The molecule has 62 valence electrons. The van der Waals surface area contributed by atoms with E-state index in [1.54, 1.807) is 6.20 Å². The molecule has 0 spiro atoms. The summed E-state index contributed by atoms with van der Waals surface area (Å²) in [5, 5.41) is 0. The van der Waals surface area contributed by atoms with Crippen LogP contribution < -0.4 is 5.73 Å². The van der Waals surface area contributed by atoms with Gasteiger partial charge in [-0.25, -0.2) is 0 Å². The third-order valence-corrected chi connectivity index (χ3v) is 1.94. The predicted octanol–water partition coefficient (Wildman–Crippen LogP) is 0.835. The molecule has 3 nitrogen and oxygen atoms in total. The smallest absolute Gasteiger partial charge is 0.0636 e. The molecule has 2 N–H and O–H groups in total. The molecule has 3 heteroatoms. The minimum absolute atomic E-state index is 0.689. The minimum Gasteiger partial charge on any atom is -0.330 e. The Hall–Kier alpha value is -1.35. The highest BCUT2D eigenvalue weighted by molar-refractivity contribution is 5.47. The van der Waals surface area contributed by atoms with Crippen molar-refractivity contribution < 1.29 is 0 Å². The molecular formula is C9H11N3. The van der Waals surface area contributed by atoms with E-state index in [1.807, 2.05) is 12.4 Å². The van der Waals surface area contributed by atoms with E-state index in [0.717, 1.165) is 11.9 Å². The second-order valence-corrected chi connectivity index (χ2v) is 2.73. The van der Waals surface area contributed by atoms with Crippen molar-refractivity contribution in [1.29, 1.82) is 0 Å². The number of rotatable bonds is 2. The summed E-state index contributed by atoms with van der Waals surface area (Å²) in [6.45, 7) is 0.689. The standard InChI is InChI=1S/C9H11N3/c10-4-3-8-1-2-9-7-11-5-6-12(8)9/h1-2,5-7H,3-4,10H2. The summed E-state index contributed by atoms with van der Waals surface area (Å²) in [7, 11) is 0. The number of fused-ring (bicyclic) bond motifs is 1. The van der Waals surface area contributed by atoms with E-state index in [1.165, 1.54) is 5.69 Å². The lowest BCUT2D eigenvalue weighted by Gasteiger charge is -1.98. The Morgan fingerprint density at radius 2 is 2.33 bits per heavy atom. The van der Waals surface area contributed by atoms with E-state index in [2.05, 4.69) is 21.5 Å². The van der Waals surface area contributed by atoms with Crippen molar-refractivity contribution >= 4 is 5.52 Å². The second kappa shape index (κ2) is 2.95. The second-order valence-electron chi connectivity index (χ2n) is 2.73. The van der Waals surface area contributed by atoms with Crippen LogP contribution in [0.25, 0.3) is 5.52 Å². The van der Waals surface area contributed by atoms with Gasteiger partial charge in [0.25, 0.3) is 0 Å². The third-order valence-electron chi connectivity index (χ3n) is 1.94. The molecule has 2 aromatic rings. The summed E-state index contributed by atoms with van der Waals surface area (Å²) < 4.78 is 2.11. The van der Waals surface area contributed by atoms with Crippen LogP contribution in [0, 0.1) is 0 Å². The summed E-state index contributed by atoms with van der Waals surface area (Å²) in [6.07, 6.45) is 6.51. The van der Waals surface area contributed by atoms with Crippen molar-refractivity contribution in [2.45, 2.75) is 6.42 Å². The van der Waals surface area contributed by atoms with Crippen LogP contribution in [0.15, 0.2) is 30.7 Å². The lowest BCUT2D eigenvalue weighted by atomic mass is 10.3. The Balaban J connectivity index is 2.55. The van der Waals surface area contributed by atoms with Gasteiger partial charge in [-0.05, 0) is 18.7 Å². The van der Waals surface area contributed by atoms with Crippen LogP contribution >= 0.6 is 0 Å². The van der Waals surface area contributed by atoms with Crippen LogP contribution in [0.5, 0.6) is 0 Å². The van der Waals surface area contributed by atoms with Crippen molar-refractivity contribution in [3.05, 3.63) is 36.4 Å². The van der Waals surface area contributed by atoms with Gasteiger partial charge < -0.3 is 10.1 Å². The fourth-order valence-electron chi connectivity index (χ4n) is 1.37. The van der Waals surface area contributed by atoms with Crippen molar-refractivity contribution in [2.75, 3.05) is 6.54 Å². The maximum absolute atomic E-state index is 5.48. The van der Waals surface area contributed by atoms with Gasteiger partial charge in [-0.3, -0.25) is 4.98 Å². The van der Waals surface area contributed by atoms with E-state index in [0.29, 0.717) is 6.54 Å². The first-order chi connectivity index (χ1) is 5.92. The van der Waals surface area contributed by atoms with E-state index < -0.39 is 0 Å². The molecule has 2 heterocycles. The lowest BCUT2D eigenvalue weighted by molar-refractivity contribution is 0.901. The van der Waals surface area contributed by atoms with Gasteiger partial charge in [-0.1, -0.05) is 0 Å². The monoisotopic (exact) mass is 161 g/mol. The Morgan fingerprint density at radius 3 is 3.17 bits per heavy atom. The van der Waals surface area contributed by atoms with Crippen LogP contribution in [0.4, 0.5) is 0 Å². The number of nitrogens with zero attached hydrogens (tertiary/aromatic N) is 2. The van der Waals surface area contributed by atoms with Crippen molar-refractivity contribution in [1.82, 2.24) is 9.38 Å². The Morgan fingerprint density at radius 1 is 1.42 bits per heavy atom. The molecule has 0 radical (unpaired) electrons. The average Bonchev–Trinajstić information content (AvgIpc) is 2.50. The summed E-state index contributed by atoms with van der Waals surface area (Å²) in [5.74, 6) is 0. The summed E-state index contributed by atoms with van der Waals surface area (Å²) >= 11 is 0. The molecule has 0 unspecified atom stereocenters.